The summed E-state index contributed by atoms with van der Waals surface area (Å²) in [7, 11) is 1.80. The highest BCUT2D eigenvalue weighted by atomic mass is 16.5. The van der Waals surface area contributed by atoms with E-state index in [1.165, 1.54) is 0 Å². The molecule has 0 aromatic carbocycles. The van der Waals surface area contributed by atoms with Crippen LogP contribution in [0.1, 0.15) is 27.2 Å². The van der Waals surface area contributed by atoms with Crippen molar-refractivity contribution in [1.29, 1.82) is 5.26 Å². The maximum atomic E-state index is 8.72. The fraction of sp³-hybridized carbons (Fsp3) is 0.636. The van der Waals surface area contributed by atoms with Gasteiger partial charge in [0.2, 0.25) is 11.9 Å². The number of hydrogen-bond donors (Lipinski definition) is 2. The number of nitriles is 1. The Morgan fingerprint density at radius 1 is 1.37 bits per heavy atom. The van der Waals surface area contributed by atoms with E-state index in [1.807, 2.05) is 20.8 Å². The van der Waals surface area contributed by atoms with E-state index in [0.717, 1.165) is 0 Å². The zero-order valence-corrected chi connectivity index (χ0v) is 11.6. The van der Waals surface area contributed by atoms with Crippen molar-refractivity contribution in [3.63, 3.8) is 0 Å². The van der Waals surface area contributed by atoms with Crippen molar-refractivity contribution >= 4 is 11.9 Å². The average molecular weight is 265 g/mol. The zero-order chi connectivity index (χ0) is 14.4. The van der Waals surface area contributed by atoms with Crippen LogP contribution in [0.3, 0.4) is 0 Å². The normalized spacial score (nSPS) is 11.8. The van der Waals surface area contributed by atoms with Gasteiger partial charge in [0.05, 0.1) is 18.6 Å². The maximum absolute atomic E-state index is 8.72. The number of aromatic nitrogens is 3. The zero-order valence-electron chi connectivity index (χ0n) is 11.6. The molecule has 0 amide bonds. The lowest BCUT2D eigenvalue weighted by Gasteiger charge is -2.23. The number of nitrogens with two attached hydrogens (primary N) is 1. The molecule has 0 aliphatic rings. The Hall–Kier alpha value is -2.14. The Balaban J connectivity index is 3.02. The number of nitrogens with one attached hydrogen (secondary N) is 1. The summed E-state index contributed by atoms with van der Waals surface area (Å²) in [5, 5.41) is 8.72. The first kappa shape index (κ1) is 14.9. The first-order valence-corrected chi connectivity index (χ1v) is 5.97. The lowest BCUT2D eigenvalue weighted by Crippen LogP contribution is -2.31. The molecule has 0 saturated carbocycles. The summed E-state index contributed by atoms with van der Waals surface area (Å²) in [4.78, 5) is 14.1. The third kappa shape index (κ3) is 4.22. The van der Waals surface area contributed by atoms with Gasteiger partial charge < -0.3 is 9.64 Å². The second-order valence-electron chi connectivity index (χ2n) is 4.37. The first-order valence-electron chi connectivity index (χ1n) is 5.97. The molecule has 1 heterocycles. The van der Waals surface area contributed by atoms with Gasteiger partial charge in [-0.05, 0) is 20.8 Å². The van der Waals surface area contributed by atoms with E-state index < -0.39 is 0 Å². The summed E-state index contributed by atoms with van der Waals surface area (Å²) in [5.41, 5.74) is 2.37. The summed E-state index contributed by atoms with van der Waals surface area (Å²) < 4.78 is 5.44. The van der Waals surface area contributed by atoms with E-state index in [1.54, 1.807) is 11.9 Å². The van der Waals surface area contributed by atoms with E-state index in [2.05, 4.69) is 26.4 Å². The molecule has 8 heteroatoms. The number of ether oxygens (including phenoxy) is 1. The first-order chi connectivity index (χ1) is 8.97. The largest absolute Gasteiger partial charge is 0.461 e. The minimum atomic E-state index is -0.0530. The third-order valence-corrected chi connectivity index (χ3v) is 2.44. The van der Waals surface area contributed by atoms with Crippen LogP contribution < -0.4 is 20.9 Å². The fourth-order valence-corrected chi connectivity index (χ4v) is 1.30. The van der Waals surface area contributed by atoms with Crippen LogP contribution >= 0.6 is 0 Å². The van der Waals surface area contributed by atoms with Gasteiger partial charge in [-0.2, -0.15) is 20.2 Å². The molecule has 0 bridgehead atoms. The van der Waals surface area contributed by atoms with Crippen molar-refractivity contribution in [3.8, 4) is 12.1 Å². The number of nitrogen functional groups attached to an aromatic ring is 1. The molecule has 3 N–H and O–H groups in total. The van der Waals surface area contributed by atoms with E-state index in [-0.39, 0.29) is 24.1 Å². The number of nitrogens with zero attached hydrogens (tertiary/aromatic N) is 5. The van der Waals surface area contributed by atoms with Crippen molar-refractivity contribution in [3.05, 3.63) is 0 Å². The highest BCUT2D eigenvalue weighted by Crippen LogP contribution is 2.17. The van der Waals surface area contributed by atoms with Crippen molar-refractivity contribution in [2.75, 3.05) is 17.4 Å². The Labute approximate surface area is 112 Å². The topological polar surface area (TPSA) is 113 Å². The molecule has 1 aromatic rings. The van der Waals surface area contributed by atoms with Gasteiger partial charge in [-0.25, -0.2) is 5.84 Å². The maximum Gasteiger partial charge on any atom is 0.323 e. The van der Waals surface area contributed by atoms with Crippen LogP contribution in [0.25, 0.3) is 0 Å². The van der Waals surface area contributed by atoms with Gasteiger partial charge in [0.1, 0.15) is 0 Å². The van der Waals surface area contributed by atoms with Gasteiger partial charge in [0.15, 0.2) is 0 Å². The summed E-state index contributed by atoms with van der Waals surface area (Å²) in [6.45, 7) is 5.66. The number of hydrazine groups is 1. The van der Waals surface area contributed by atoms with Crippen molar-refractivity contribution in [1.82, 2.24) is 15.0 Å². The molecule has 0 saturated heterocycles. The lowest BCUT2D eigenvalue weighted by molar-refractivity contribution is 0.222. The standard InChI is InChI=1S/C11H19N7O/c1-7(2)19-11-15-9(17-13)14-10(16-11)18(4)8(3)5-6-12/h7-8H,5,13H2,1-4H3,(H,14,15,16,17). The van der Waals surface area contributed by atoms with E-state index in [0.29, 0.717) is 12.4 Å². The minimum absolute atomic E-state index is 0.0232. The van der Waals surface area contributed by atoms with E-state index in [9.17, 15) is 0 Å². The van der Waals surface area contributed by atoms with Crippen LogP contribution in [0.2, 0.25) is 0 Å². The summed E-state index contributed by atoms with van der Waals surface area (Å²) in [5.74, 6) is 5.95. The molecule has 1 unspecified atom stereocenters. The molecule has 0 aliphatic heterocycles. The molecular formula is C11H19N7O. The second kappa shape index (κ2) is 6.70. The van der Waals surface area contributed by atoms with Crippen molar-refractivity contribution in [2.45, 2.75) is 39.3 Å². The molecule has 1 atom stereocenters. The fourth-order valence-electron chi connectivity index (χ4n) is 1.30. The molecule has 1 aromatic heterocycles. The van der Waals surface area contributed by atoms with Gasteiger partial charge in [-0.1, -0.05) is 0 Å². The van der Waals surface area contributed by atoms with Crippen LogP contribution in [-0.2, 0) is 0 Å². The van der Waals surface area contributed by atoms with E-state index >= 15 is 0 Å². The van der Waals surface area contributed by atoms with Crippen LogP contribution in [0.4, 0.5) is 11.9 Å². The third-order valence-electron chi connectivity index (χ3n) is 2.44. The Morgan fingerprint density at radius 3 is 2.58 bits per heavy atom. The summed E-state index contributed by atoms with van der Waals surface area (Å²) in [6, 6.07) is 2.28. The molecular weight excluding hydrogens is 246 g/mol. The Morgan fingerprint density at radius 2 is 2.05 bits per heavy atom. The molecule has 0 radical (unpaired) electrons. The molecule has 104 valence electrons. The van der Waals surface area contributed by atoms with Crippen molar-refractivity contribution in [2.24, 2.45) is 5.84 Å². The quantitative estimate of drug-likeness (QED) is 0.570. The molecule has 1 rings (SSSR count). The number of rotatable bonds is 6. The molecule has 0 spiro atoms. The van der Waals surface area contributed by atoms with Crippen LogP contribution in [0.5, 0.6) is 6.01 Å². The predicted molar refractivity (Wildman–Crippen MR) is 71.5 cm³/mol. The van der Waals surface area contributed by atoms with E-state index in [4.69, 9.17) is 15.8 Å². The Bertz CT molecular complexity index is 457. The highest BCUT2D eigenvalue weighted by Gasteiger charge is 2.16. The SMILES string of the molecule is CC(C)Oc1nc(NN)nc(N(C)C(C)CC#N)n1. The van der Waals surface area contributed by atoms with Crippen LogP contribution in [0, 0.1) is 11.3 Å². The average Bonchev–Trinajstić information content (AvgIpc) is 2.36. The highest BCUT2D eigenvalue weighted by molar-refractivity contribution is 5.38. The number of hydrogen-bond acceptors (Lipinski definition) is 8. The van der Waals surface area contributed by atoms with Gasteiger partial charge in [-0.15, -0.1) is 0 Å². The molecule has 8 nitrogen and oxygen atoms in total. The number of anilines is 2. The van der Waals surface area contributed by atoms with Gasteiger partial charge >= 0.3 is 6.01 Å². The van der Waals surface area contributed by atoms with Crippen LogP contribution in [-0.4, -0.2) is 34.1 Å². The molecule has 0 aliphatic carbocycles. The monoisotopic (exact) mass is 265 g/mol. The smallest absolute Gasteiger partial charge is 0.323 e. The predicted octanol–water partition coefficient (Wildman–Crippen LogP) is 0.683. The van der Waals surface area contributed by atoms with Gasteiger partial charge in [-0.3, -0.25) is 5.43 Å². The minimum Gasteiger partial charge on any atom is -0.461 e. The molecule has 0 fully saturated rings. The summed E-state index contributed by atoms with van der Waals surface area (Å²) >= 11 is 0. The lowest BCUT2D eigenvalue weighted by atomic mass is 10.2. The van der Waals surface area contributed by atoms with Crippen molar-refractivity contribution < 1.29 is 4.74 Å². The second-order valence-corrected chi connectivity index (χ2v) is 4.37. The molecule has 19 heavy (non-hydrogen) atoms. The van der Waals surface area contributed by atoms with Gasteiger partial charge in [0.25, 0.3) is 0 Å². The van der Waals surface area contributed by atoms with Gasteiger partial charge in [0, 0.05) is 13.1 Å². The summed E-state index contributed by atoms with van der Waals surface area (Å²) in [6.07, 6.45) is 0.316. The Kier molecular flexibility index (Phi) is 5.26. The van der Waals surface area contributed by atoms with Crippen LogP contribution in [0.15, 0.2) is 0 Å².